The number of anilines is 3. The third kappa shape index (κ3) is 5.78. The molecule has 268 valence electrons. The van der Waals surface area contributed by atoms with Crippen molar-refractivity contribution in [1.82, 2.24) is 4.98 Å². The number of para-hydroxylation sites is 2. The molecule has 0 aliphatic heterocycles. The van der Waals surface area contributed by atoms with Crippen LogP contribution in [0, 0.1) is 0 Å². The summed E-state index contributed by atoms with van der Waals surface area (Å²) in [4.78, 5) is 7.74. The molecular weight excluding hydrogens is 713 g/mol. The predicted octanol–water partition coefficient (Wildman–Crippen LogP) is 15.5. The van der Waals surface area contributed by atoms with Crippen LogP contribution >= 0.6 is 11.3 Å². The fourth-order valence-corrected chi connectivity index (χ4v) is 9.27. The minimum Gasteiger partial charge on any atom is -0.456 e. The second-order valence-corrected chi connectivity index (χ2v) is 15.3. The molecule has 0 unspecified atom stereocenters. The molecule has 11 rings (SSSR count). The van der Waals surface area contributed by atoms with E-state index in [0.29, 0.717) is 0 Å². The van der Waals surface area contributed by atoms with Crippen molar-refractivity contribution >= 4 is 71.3 Å². The number of hydrogen-bond donors (Lipinski definition) is 0. The summed E-state index contributed by atoms with van der Waals surface area (Å²) in [6.45, 7) is 0. The van der Waals surface area contributed by atoms with E-state index in [0.717, 1.165) is 82.0 Å². The third-order valence-electron chi connectivity index (χ3n) is 10.9. The van der Waals surface area contributed by atoms with Gasteiger partial charge in [-0.3, -0.25) is 0 Å². The minimum atomic E-state index is 0.865. The molecule has 0 spiro atoms. The van der Waals surface area contributed by atoms with Crippen LogP contribution in [0.15, 0.2) is 211 Å². The number of benzene rings is 9. The van der Waals surface area contributed by atoms with Gasteiger partial charge in [-0.15, -0.1) is 11.3 Å². The number of aromatic nitrogens is 1. The molecule has 0 radical (unpaired) electrons. The molecule has 0 fully saturated rings. The average molecular weight is 747 g/mol. The Bertz CT molecular complexity index is 3220. The van der Waals surface area contributed by atoms with Crippen LogP contribution in [0.1, 0.15) is 0 Å². The number of furan rings is 1. The van der Waals surface area contributed by atoms with E-state index in [4.69, 9.17) is 9.40 Å². The summed E-state index contributed by atoms with van der Waals surface area (Å²) in [5.41, 5.74) is 13.9. The van der Waals surface area contributed by atoms with Gasteiger partial charge in [-0.2, -0.15) is 0 Å². The van der Waals surface area contributed by atoms with Gasteiger partial charge in [0.25, 0.3) is 0 Å². The Labute approximate surface area is 334 Å². The highest BCUT2D eigenvalue weighted by atomic mass is 32.1. The maximum Gasteiger partial charge on any atom is 0.137 e. The molecule has 9 aromatic carbocycles. The summed E-state index contributed by atoms with van der Waals surface area (Å²) in [6, 6.07) is 73.3. The number of rotatable bonds is 7. The first kappa shape index (κ1) is 33.1. The zero-order valence-corrected chi connectivity index (χ0v) is 31.7. The molecule has 0 amide bonds. The molecule has 2 heterocycles. The normalized spacial score (nSPS) is 11.5. The average Bonchev–Trinajstić information content (AvgIpc) is 3.88. The van der Waals surface area contributed by atoms with Gasteiger partial charge >= 0.3 is 0 Å². The molecule has 11 aromatic rings. The maximum absolute atomic E-state index is 6.57. The van der Waals surface area contributed by atoms with Crippen LogP contribution in [0.2, 0.25) is 0 Å². The summed E-state index contributed by atoms with van der Waals surface area (Å²) in [5, 5.41) is 5.65. The lowest BCUT2D eigenvalue weighted by atomic mass is 9.93. The van der Waals surface area contributed by atoms with Crippen LogP contribution in [0.5, 0.6) is 0 Å². The maximum atomic E-state index is 6.57. The standard InChI is InChI=1S/C53H34N2OS/c1-4-15-36(16-5-1)45-33-39(50-51-44-24-12-13-26-47(44)56-48(51)34-49-52(50)54-53(57-49)38-18-6-2-7-19-38)29-32-46(45)55(40-21-8-3-9-22-40)41-30-27-37(28-31-41)43-25-14-20-35-17-10-11-23-42(35)43/h1-34H. The molecule has 2 aromatic heterocycles. The molecule has 57 heavy (non-hydrogen) atoms. The first-order chi connectivity index (χ1) is 28.3. The second kappa shape index (κ2) is 13.8. The van der Waals surface area contributed by atoms with Crippen molar-refractivity contribution in [3.8, 4) is 44.0 Å². The SMILES string of the molecule is c1ccc(-c2nc3c(-c4ccc(N(c5ccccc5)c5ccc(-c6cccc7ccccc67)cc5)c(-c5ccccc5)c4)c4c(cc3s2)oc2ccccc24)cc1. The summed E-state index contributed by atoms with van der Waals surface area (Å²) < 4.78 is 7.66. The fourth-order valence-electron chi connectivity index (χ4n) is 8.26. The van der Waals surface area contributed by atoms with E-state index in [2.05, 4.69) is 199 Å². The van der Waals surface area contributed by atoms with Crippen molar-refractivity contribution in [2.24, 2.45) is 0 Å². The Kier molecular flexibility index (Phi) is 8.01. The Morgan fingerprint density at radius 3 is 1.84 bits per heavy atom. The quantitative estimate of drug-likeness (QED) is 0.163. The van der Waals surface area contributed by atoms with E-state index in [-0.39, 0.29) is 0 Å². The van der Waals surface area contributed by atoms with Crippen molar-refractivity contribution < 1.29 is 4.42 Å². The lowest BCUT2D eigenvalue weighted by molar-refractivity contribution is 0.669. The van der Waals surface area contributed by atoms with Crippen LogP contribution in [0.4, 0.5) is 17.1 Å². The van der Waals surface area contributed by atoms with Gasteiger partial charge in [-0.1, -0.05) is 158 Å². The van der Waals surface area contributed by atoms with Crippen LogP contribution in [0.3, 0.4) is 0 Å². The Hall–Kier alpha value is -7.27. The molecule has 0 saturated carbocycles. The Morgan fingerprint density at radius 2 is 1.05 bits per heavy atom. The molecule has 0 atom stereocenters. The Balaban J connectivity index is 1.13. The third-order valence-corrected chi connectivity index (χ3v) is 11.9. The highest BCUT2D eigenvalue weighted by molar-refractivity contribution is 7.21. The number of hydrogen-bond acceptors (Lipinski definition) is 4. The highest BCUT2D eigenvalue weighted by Crippen LogP contribution is 2.48. The lowest BCUT2D eigenvalue weighted by Gasteiger charge is -2.28. The van der Waals surface area contributed by atoms with Crippen LogP contribution in [-0.4, -0.2) is 4.98 Å². The van der Waals surface area contributed by atoms with E-state index in [1.165, 1.54) is 21.9 Å². The van der Waals surface area contributed by atoms with Gasteiger partial charge in [0.1, 0.15) is 16.2 Å². The lowest BCUT2D eigenvalue weighted by Crippen LogP contribution is -2.11. The number of nitrogens with zero attached hydrogens (tertiary/aromatic N) is 2. The van der Waals surface area contributed by atoms with Crippen molar-refractivity contribution in [3.63, 3.8) is 0 Å². The Morgan fingerprint density at radius 1 is 0.439 bits per heavy atom. The van der Waals surface area contributed by atoms with Crippen LogP contribution < -0.4 is 4.90 Å². The van der Waals surface area contributed by atoms with Crippen LogP contribution in [0.25, 0.3) is 86.9 Å². The van der Waals surface area contributed by atoms with E-state index in [1.807, 2.05) is 12.1 Å². The summed E-state index contributed by atoms with van der Waals surface area (Å²) in [6.07, 6.45) is 0. The largest absolute Gasteiger partial charge is 0.456 e. The first-order valence-corrected chi connectivity index (χ1v) is 20.0. The molecule has 0 bridgehead atoms. The molecule has 0 aliphatic rings. The van der Waals surface area contributed by atoms with Gasteiger partial charge in [0, 0.05) is 44.9 Å². The van der Waals surface area contributed by atoms with Gasteiger partial charge in [0.05, 0.1) is 15.9 Å². The van der Waals surface area contributed by atoms with Gasteiger partial charge in [0.15, 0.2) is 0 Å². The minimum absolute atomic E-state index is 0.865. The van der Waals surface area contributed by atoms with Gasteiger partial charge in [0.2, 0.25) is 0 Å². The van der Waals surface area contributed by atoms with Crippen LogP contribution in [-0.2, 0) is 0 Å². The van der Waals surface area contributed by atoms with Gasteiger partial charge in [-0.05, 0) is 75.5 Å². The van der Waals surface area contributed by atoms with Gasteiger partial charge in [-0.25, -0.2) is 4.98 Å². The smallest absolute Gasteiger partial charge is 0.137 e. The van der Waals surface area contributed by atoms with Gasteiger partial charge < -0.3 is 9.32 Å². The summed E-state index contributed by atoms with van der Waals surface area (Å²) in [7, 11) is 0. The van der Waals surface area contributed by atoms with Crippen molar-refractivity contribution in [2.45, 2.75) is 0 Å². The van der Waals surface area contributed by atoms with Crippen molar-refractivity contribution in [2.75, 3.05) is 4.90 Å². The molecule has 3 nitrogen and oxygen atoms in total. The monoisotopic (exact) mass is 746 g/mol. The van der Waals surface area contributed by atoms with E-state index in [1.54, 1.807) is 11.3 Å². The highest BCUT2D eigenvalue weighted by Gasteiger charge is 2.23. The van der Waals surface area contributed by atoms with Crippen molar-refractivity contribution in [1.29, 1.82) is 0 Å². The summed E-state index contributed by atoms with van der Waals surface area (Å²) >= 11 is 1.71. The zero-order valence-electron chi connectivity index (χ0n) is 30.8. The topological polar surface area (TPSA) is 29.3 Å². The van der Waals surface area contributed by atoms with E-state index < -0.39 is 0 Å². The van der Waals surface area contributed by atoms with E-state index in [9.17, 15) is 0 Å². The number of fused-ring (bicyclic) bond motifs is 5. The second-order valence-electron chi connectivity index (χ2n) is 14.3. The molecule has 0 aliphatic carbocycles. The number of thiazole rings is 1. The molecule has 0 saturated heterocycles. The summed E-state index contributed by atoms with van der Waals surface area (Å²) in [5.74, 6) is 0. The fraction of sp³-hybridized carbons (Fsp3) is 0. The molecular formula is C53H34N2OS. The van der Waals surface area contributed by atoms with Crippen molar-refractivity contribution in [3.05, 3.63) is 206 Å². The first-order valence-electron chi connectivity index (χ1n) is 19.2. The zero-order chi connectivity index (χ0) is 37.7. The molecule has 4 heteroatoms. The molecule has 0 N–H and O–H groups in total. The predicted molar refractivity (Wildman–Crippen MR) is 241 cm³/mol. The van der Waals surface area contributed by atoms with E-state index >= 15 is 0 Å².